The summed E-state index contributed by atoms with van der Waals surface area (Å²) in [6, 6.07) is 17.7. The molecule has 0 saturated carbocycles. The van der Waals surface area contributed by atoms with Crippen LogP contribution in [-0.4, -0.2) is 36.3 Å². The Hall–Kier alpha value is -2.62. The molecule has 2 amide bonds. The summed E-state index contributed by atoms with van der Waals surface area (Å²) in [6.07, 6.45) is 0.696. The second-order valence-corrected chi connectivity index (χ2v) is 5.59. The number of amides is 2. The topological polar surface area (TPSA) is 49.4 Å². The highest BCUT2D eigenvalue weighted by Crippen LogP contribution is 2.16. The smallest absolute Gasteiger partial charge is 0.254 e. The number of nitrogens with zero attached hydrogens (tertiary/aromatic N) is 1. The number of carbonyl (C=O) groups excluding carboxylic acids is 2. The SMILES string of the molecule is CCNC(=O)CN(CC)C(=O)c1ccccc1Cc1ccccc1. The van der Waals surface area contributed by atoms with Crippen LogP contribution in [0.15, 0.2) is 54.6 Å². The standard InChI is InChI=1S/C20H24N2O2/c1-3-21-19(23)15-22(4-2)20(24)18-13-9-8-12-17(18)14-16-10-6-5-7-11-16/h5-13H,3-4,14-15H2,1-2H3,(H,21,23). The van der Waals surface area contributed by atoms with Crippen molar-refractivity contribution in [2.75, 3.05) is 19.6 Å². The van der Waals surface area contributed by atoms with E-state index in [0.29, 0.717) is 25.1 Å². The summed E-state index contributed by atoms with van der Waals surface area (Å²) in [6.45, 7) is 4.90. The molecule has 4 heteroatoms. The van der Waals surface area contributed by atoms with E-state index >= 15 is 0 Å². The predicted octanol–water partition coefficient (Wildman–Crippen LogP) is 2.88. The summed E-state index contributed by atoms with van der Waals surface area (Å²) in [5.41, 5.74) is 2.79. The van der Waals surface area contributed by atoms with Crippen LogP contribution in [0.4, 0.5) is 0 Å². The Morgan fingerprint density at radius 3 is 2.29 bits per heavy atom. The van der Waals surface area contributed by atoms with E-state index in [1.165, 1.54) is 0 Å². The molecule has 0 bridgehead atoms. The first kappa shape index (κ1) is 17.7. The average molecular weight is 324 g/mol. The second-order valence-electron chi connectivity index (χ2n) is 5.59. The van der Waals surface area contributed by atoms with Gasteiger partial charge in [-0.25, -0.2) is 0 Å². The second kappa shape index (κ2) is 8.87. The van der Waals surface area contributed by atoms with Crippen LogP contribution >= 0.6 is 0 Å². The van der Waals surface area contributed by atoms with Crippen molar-refractivity contribution in [1.29, 1.82) is 0 Å². The van der Waals surface area contributed by atoms with Crippen LogP contribution in [-0.2, 0) is 11.2 Å². The molecule has 0 fully saturated rings. The number of benzene rings is 2. The van der Waals surface area contributed by atoms with E-state index in [1.54, 1.807) is 4.90 Å². The average Bonchev–Trinajstić information content (AvgIpc) is 2.61. The first-order chi connectivity index (χ1) is 11.7. The molecular weight excluding hydrogens is 300 g/mol. The van der Waals surface area contributed by atoms with Crippen LogP contribution in [0.1, 0.15) is 35.3 Å². The lowest BCUT2D eigenvalue weighted by atomic mass is 9.99. The predicted molar refractivity (Wildman–Crippen MR) is 96.0 cm³/mol. The molecule has 0 heterocycles. The van der Waals surface area contributed by atoms with Gasteiger partial charge < -0.3 is 10.2 Å². The first-order valence-corrected chi connectivity index (χ1v) is 8.33. The molecule has 2 rings (SSSR count). The van der Waals surface area contributed by atoms with E-state index in [2.05, 4.69) is 5.32 Å². The van der Waals surface area contributed by atoms with E-state index in [-0.39, 0.29) is 18.4 Å². The van der Waals surface area contributed by atoms with Crippen molar-refractivity contribution in [2.45, 2.75) is 20.3 Å². The van der Waals surface area contributed by atoms with E-state index < -0.39 is 0 Å². The van der Waals surface area contributed by atoms with Crippen molar-refractivity contribution in [3.05, 3.63) is 71.3 Å². The summed E-state index contributed by atoms with van der Waals surface area (Å²) in [5.74, 6) is -0.233. The van der Waals surface area contributed by atoms with Crippen molar-refractivity contribution >= 4 is 11.8 Å². The fourth-order valence-electron chi connectivity index (χ4n) is 2.62. The summed E-state index contributed by atoms with van der Waals surface area (Å²) >= 11 is 0. The van der Waals surface area contributed by atoms with Gasteiger partial charge in [0.2, 0.25) is 5.91 Å². The van der Waals surface area contributed by atoms with Crippen molar-refractivity contribution < 1.29 is 9.59 Å². The number of carbonyl (C=O) groups is 2. The number of hydrogen-bond donors (Lipinski definition) is 1. The van der Waals surface area contributed by atoms with E-state index in [9.17, 15) is 9.59 Å². The molecular formula is C20H24N2O2. The lowest BCUT2D eigenvalue weighted by Crippen LogP contribution is -2.40. The molecule has 0 aliphatic carbocycles. The molecule has 126 valence electrons. The van der Waals surface area contributed by atoms with Gasteiger partial charge >= 0.3 is 0 Å². The molecule has 0 spiro atoms. The molecule has 1 N–H and O–H groups in total. The van der Waals surface area contributed by atoms with Crippen molar-refractivity contribution in [3.8, 4) is 0 Å². The Kier molecular flexibility index (Phi) is 6.55. The largest absolute Gasteiger partial charge is 0.355 e. The van der Waals surface area contributed by atoms with Crippen molar-refractivity contribution in [3.63, 3.8) is 0 Å². The minimum Gasteiger partial charge on any atom is -0.355 e. The summed E-state index contributed by atoms with van der Waals surface area (Å²) in [7, 11) is 0. The van der Waals surface area contributed by atoms with Crippen LogP contribution < -0.4 is 5.32 Å². The Labute approximate surface area is 143 Å². The van der Waals surface area contributed by atoms with Gasteiger partial charge in [0.25, 0.3) is 5.91 Å². The first-order valence-electron chi connectivity index (χ1n) is 8.33. The van der Waals surface area contributed by atoms with Crippen LogP contribution in [0.25, 0.3) is 0 Å². The lowest BCUT2D eigenvalue weighted by Gasteiger charge is -2.21. The molecule has 2 aromatic carbocycles. The van der Waals surface area contributed by atoms with Crippen molar-refractivity contribution in [2.24, 2.45) is 0 Å². The quantitative estimate of drug-likeness (QED) is 0.851. The van der Waals surface area contributed by atoms with Crippen LogP contribution in [0, 0.1) is 0 Å². The molecule has 2 aromatic rings. The maximum atomic E-state index is 12.9. The lowest BCUT2D eigenvalue weighted by molar-refractivity contribution is -0.121. The van der Waals surface area contributed by atoms with Crippen LogP contribution in [0.2, 0.25) is 0 Å². The number of rotatable bonds is 7. The molecule has 24 heavy (non-hydrogen) atoms. The van der Waals surface area contributed by atoms with Gasteiger partial charge in [-0.1, -0.05) is 48.5 Å². The van der Waals surface area contributed by atoms with Gasteiger partial charge in [0.05, 0.1) is 6.54 Å². The monoisotopic (exact) mass is 324 g/mol. The van der Waals surface area contributed by atoms with E-state index in [0.717, 1.165) is 11.1 Å². The molecule has 0 unspecified atom stereocenters. The molecule has 0 aliphatic rings. The Balaban J connectivity index is 2.20. The Morgan fingerprint density at radius 1 is 0.958 bits per heavy atom. The highest BCUT2D eigenvalue weighted by atomic mass is 16.2. The van der Waals surface area contributed by atoms with Gasteiger partial charge in [0.1, 0.15) is 0 Å². The van der Waals surface area contributed by atoms with Gasteiger partial charge in [0, 0.05) is 18.7 Å². The molecule has 0 saturated heterocycles. The minimum atomic E-state index is -0.131. The minimum absolute atomic E-state index is 0.0862. The Morgan fingerprint density at radius 2 is 1.62 bits per heavy atom. The fourth-order valence-corrected chi connectivity index (χ4v) is 2.62. The maximum absolute atomic E-state index is 12.9. The third-order valence-electron chi connectivity index (χ3n) is 3.86. The van der Waals surface area contributed by atoms with Crippen LogP contribution in [0.3, 0.4) is 0 Å². The van der Waals surface area contributed by atoms with Gasteiger partial charge in [-0.15, -0.1) is 0 Å². The third kappa shape index (κ3) is 4.69. The molecule has 0 aromatic heterocycles. The zero-order valence-electron chi connectivity index (χ0n) is 14.3. The van der Waals surface area contributed by atoms with Gasteiger partial charge in [-0.2, -0.15) is 0 Å². The molecule has 0 aliphatic heterocycles. The number of likely N-dealkylation sites (N-methyl/N-ethyl adjacent to an activating group) is 2. The maximum Gasteiger partial charge on any atom is 0.254 e. The highest BCUT2D eigenvalue weighted by molar-refractivity contribution is 5.97. The molecule has 4 nitrogen and oxygen atoms in total. The summed E-state index contributed by atoms with van der Waals surface area (Å²) in [4.78, 5) is 26.3. The number of hydrogen-bond acceptors (Lipinski definition) is 2. The highest BCUT2D eigenvalue weighted by Gasteiger charge is 2.19. The Bertz CT molecular complexity index is 683. The molecule has 0 atom stereocenters. The number of nitrogens with one attached hydrogen (secondary N) is 1. The normalized spacial score (nSPS) is 10.2. The van der Waals surface area contributed by atoms with E-state index in [1.807, 2.05) is 68.4 Å². The van der Waals surface area contributed by atoms with Crippen LogP contribution in [0.5, 0.6) is 0 Å². The third-order valence-corrected chi connectivity index (χ3v) is 3.86. The van der Waals surface area contributed by atoms with Crippen molar-refractivity contribution in [1.82, 2.24) is 10.2 Å². The summed E-state index contributed by atoms with van der Waals surface area (Å²) in [5, 5.41) is 2.74. The zero-order chi connectivity index (χ0) is 17.4. The van der Waals surface area contributed by atoms with Gasteiger partial charge in [-0.3, -0.25) is 9.59 Å². The van der Waals surface area contributed by atoms with Gasteiger partial charge in [0.15, 0.2) is 0 Å². The molecule has 0 radical (unpaired) electrons. The fraction of sp³-hybridized carbons (Fsp3) is 0.300. The van der Waals surface area contributed by atoms with E-state index in [4.69, 9.17) is 0 Å². The zero-order valence-corrected chi connectivity index (χ0v) is 14.3. The summed E-state index contributed by atoms with van der Waals surface area (Å²) < 4.78 is 0. The van der Waals surface area contributed by atoms with Gasteiger partial charge in [-0.05, 0) is 37.5 Å².